The molecule has 1 aliphatic heterocycles. The van der Waals surface area contributed by atoms with E-state index in [0.717, 1.165) is 4.57 Å². The number of esters is 1. The molecule has 4 atom stereocenters. The first kappa shape index (κ1) is 19.3. The lowest BCUT2D eigenvalue weighted by molar-refractivity contribution is -0.178. The molecule has 0 radical (unpaired) electrons. The lowest BCUT2D eigenvalue weighted by Gasteiger charge is -2.33. The van der Waals surface area contributed by atoms with E-state index in [2.05, 4.69) is 4.98 Å². The number of carbonyl (C=O) groups is 1. The molecule has 1 aromatic heterocycles. The summed E-state index contributed by atoms with van der Waals surface area (Å²) in [5.74, 6) is -0.775. The van der Waals surface area contributed by atoms with Crippen LogP contribution in [0.5, 0.6) is 0 Å². The molecule has 2 rings (SSSR count). The number of aromatic amines is 1. The van der Waals surface area contributed by atoms with Crippen molar-refractivity contribution in [2.24, 2.45) is 0 Å². The Kier molecular flexibility index (Phi) is 5.78. The molecule has 0 saturated carbocycles. The number of rotatable bonds is 6. The van der Waals surface area contributed by atoms with E-state index in [-0.39, 0.29) is 18.6 Å². The Morgan fingerprint density at radius 1 is 1.40 bits per heavy atom. The second kappa shape index (κ2) is 7.48. The van der Waals surface area contributed by atoms with Crippen LogP contribution < -0.4 is 11.2 Å². The van der Waals surface area contributed by atoms with Crippen molar-refractivity contribution in [1.29, 1.82) is 0 Å². The summed E-state index contributed by atoms with van der Waals surface area (Å²) in [7, 11) is 0. The van der Waals surface area contributed by atoms with Gasteiger partial charge in [-0.05, 0) is 13.3 Å². The second-order valence-electron chi connectivity index (χ2n) is 5.74. The van der Waals surface area contributed by atoms with Crippen molar-refractivity contribution in [3.63, 3.8) is 0 Å². The largest absolute Gasteiger partial charge is 0.466 e. The molecule has 10 heteroatoms. The van der Waals surface area contributed by atoms with E-state index in [0.29, 0.717) is 0 Å². The molecule has 1 aromatic rings. The summed E-state index contributed by atoms with van der Waals surface area (Å²) in [6.07, 6.45) is -3.59. The standard InChI is InChI=1S/C15H22N2O8/c1-3-8-6-17(14(23)16-13(8)22)15(5-10(19)24-4-2)12(21)11(20)9(7-18)25-15/h6,9,11-12,18,20-21H,3-5,7H2,1-2H3,(H,16,22,23)/t9-,11-,12-,15-/m1/s1. The molecule has 25 heavy (non-hydrogen) atoms. The van der Waals surface area contributed by atoms with E-state index >= 15 is 0 Å². The zero-order valence-corrected chi connectivity index (χ0v) is 14.0. The Morgan fingerprint density at radius 2 is 2.08 bits per heavy atom. The van der Waals surface area contributed by atoms with Gasteiger partial charge in [-0.25, -0.2) is 4.79 Å². The van der Waals surface area contributed by atoms with Crippen molar-refractivity contribution in [2.75, 3.05) is 13.2 Å². The van der Waals surface area contributed by atoms with Gasteiger partial charge in [0.15, 0.2) is 5.72 Å². The lowest BCUT2D eigenvalue weighted by Crippen LogP contribution is -2.53. The first-order valence-electron chi connectivity index (χ1n) is 7.96. The molecule has 0 spiro atoms. The second-order valence-corrected chi connectivity index (χ2v) is 5.74. The highest BCUT2D eigenvalue weighted by Crippen LogP contribution is 2.38. The molecule has 4 N–H and O–H groups in total. The Hall–Kier alpha value is -2.01. The molecule has 1 fully saturated rings. The number of nitrogens with zero attached hydrogens (tertiary/aromatic N) is 1. The number of aryl methyl sites for hydroxylation is 1. The van der Waals surface area contributed by atoms with Crippen LogP contribution in [0.15, 0.2) is 15.8 Å². The monoisotopic (exact) mass is 358 g/mol. The fourth-order valence-corrected chi connectivity index (χ4v) is 2.91. The number of carbonyl (C=O) groups excluding carboxylic acids is 1. The zero-order valence-electron chi connectivity index (χ0n) is 14.0. The van der Waals surface area contributed by atoms with E-state index in [9.17, 15) is 29.7 Å². The maximum Gasteiger partial charge on any atom is 0.330 e. The van der Waals surface area contributed by atoms with Crippen LogP contribution in [0.2, 0.25) is 0 Å². The summed E-state index contributed by atoms with van der Waals surface area (Å²) < 4.78 is 11.3. The summed E-state index contributed by atoms with van der Waals surface area (Å²) in [5.41, 5.74) is -3.30. The Bertz CT molecular complexity index is 742. The number of nitrogens with one attached hydrogen (secondary N) is 1. The van der Waals surface area contributed by atoms with Crippen LogP contribution in [-0.4, -0.2) is 62.4 Å². The minimum absolute atomic E-state index is 0.0672. The van der Waals surface area contributed by atoms with E-state index < -0.39 is 54.3 Å². The van der Waals surface area contributed by atoms with Crippen LogP contribution in [0, 0.1) is 0 Å². The van der Waals surface area contributed by atoms with Gasteiger partial charge in [-0.3, -0.25) is 19.1 Å². The number of hydrogen-bond donors (Lipinski definition) is 4. The van der Waals surface area contributed by atoms with E-state index in [1.807, 2.05) is 0 Å². The fraction of sp³-hybridized carbons (Fsp3) is 0.667. The number of aliphatic hydroxyl groups is 3. The number of H-pyrrole nitrogens is 1. The predicted molar refractivity (Wildman–Crippen MR) is 83.9 cm³/mol. The van der Waals surface area contributed by atoms with Gasteiger partial charge in [-0.15, -0.1) is 0 Å². The van der Waals surface area contributed by atoms with Crippen LogP contribution in [-0.2, 0) is 26.4 Å². The van der Waals surface area contributed by atoms with E-state index in [4.69, 9.17) is 9.47 Å². The molecular weight excluding hydrogens is 336 g/mol. The molecule has 1 saturated heterocycles. The first-order chi connectivity index (χ1) is 11.8. The smallest absolute Gasteiger partial charge is 0.330 e. The highest BCUT2D eigenvalue weighted by Gasteiger charge is 2.57. The Morgan fingerprint density at radius 3 is 2.60 bits per heavy atom. The van der Waals surface area contributed by atoms with Crippen LogP contribution in [0.4, 0.5) is 0 Å². The molecular formula is C15H22N2O8. The van der Waals surface area contributed by atoms with Gasteiger partial charge in [0.25, 0.3) is 5.56 Å². The molecule has 0 bridgehead atoms. The number of aliphatic hydroxyl groups excluding tert-OH is 3. The summed E-state index contributed by atoms with van der Waals surface area (Å²) in [6, 6.07) is 0. The summed E-state index contributed by atoms with van der Waals surface area (Å²) in [4.78, 5) is 38.2. The average Bonchev–Trinajstić information content (AvgIpc) is 2.80. The van der Waals surface area contributed by atoms with E-state index in [1.54, 1.807) is 13.8 Å². The Labute approximate surface area is 142 Å². The number of aromatic nitrogens is 2. The third-order valence-electron chi connectivity index (χ3n) is 4.21. The SMILES string of the molecule is CCOC(=O)C[C@@]1(n2cc(CC)c(=O)[nH]c2=O)O[C@H](CO)[C@@H](O)[C@H]1O. The highest BCUT2D eigenvalue weighted by molar-refractivity contribution is 5.70. The van der Waals surface area contributed by atoms with Gasteiger partial charge >= 0.3 is 11.7 Å². The molecule has 2 heterocycles. The molecule has 0 aromatic carbocycles. The third kappa shape index (κ3) is 3.38. The van der Waals surface area contributed by atoms with Gasteiger partial charge in [0.2, 0.25) is 0 Å². The lowest BCUT2D eigenvalue weighted by atomic mass is 9.98. The molecule has 140 valence electrons. The van der Waals surface area contributed by atoms with Crippen molar-refractivity contribution in [1.82, 2.24) is 9.55 Å². The maximum absolute atomic E-state index is 12.3. The average molecular weight is 358 g/mol. The maximum atomic E-state index is 12.3. The molecule has 0 amide bonds. The van der Waals surface area contributed by atoms with Crippen molar-refractivity contribution in [3.05, 3.63) is 32.6 Å². The molecule has 10 nitrogen and oxygen atoms in total. The Balaban J connectivity index is 2.63. The summed E-state index contributed by atoms with van der Waals surface area (Å²) in [6.45, 7) is 2.71. The van der Waals surface area contributed by atoms with Gasteiger partial charge in [0, 0.05) is 11.8 Å². The quantitative estimate of drug-likeness (QED) is 0.419. The minimum atomic E-state index is -2.01. The van der Waals surface area contributed by atoms with Crippen LogP contribution in [0.3, 0.4) is 0 Å². The highest BCUT2D eigenvalue weighted by atomic mass is 16.6. The predicted octanol–water partition coefficient (Wildman–Crippen LogP) is -2.18. The van der Waals surface area contributed by atoms with Crippen molar-refractivity contribution in [3.8, 4) is 0 Å². The zero-order chi connectivity index (χ0) is 18.8. The van der Waals surface area contributed by atoms with Crippen LogP contribution in [0.25, 0.3) is 0 Å². The fourth-order valence-electron chi connectivity index (χ4n) is 2.91. The van der Waals surface area contributed by atoms with Crippen LogP contribution >= 0.6 is 0 Å². The van der Waals surface area contributed by atoms with Crippen molar-refractivity contribution < 1.29 is 29.6 Å². The molecule has 1 aliphatic rings. The van der Waals surface area contributed by atoms with Gasteiger partial charge in [-0.1, -0.05) is 6.92 Å². The van der Waals surface area contributed by atoms with Gasteiger partial charge in [0.1, 0.15) is 18.3 Å². The number of ether oxygens (including phenoxy) is 2. The van der Waals surface area contributed by atoms with Crippen molar-refractivity contribution in [2.45, 2.75) is 50.7 Å². The number of hydrogen-bond acceptors (Lipinski definition) is 8. The molecule has 0 aliphatic carbocycles. The van der Waals surface area contributed by atoms with Crippen molar-refractivity contribution >= 4 is 5.97 Å². The topological polar surface area (TPSA) is 151 Å². The normalized spacial score (nSPS) is 28.9. The summed E-state index contributed by atoms with van der Waals surface area (Å²) in [5, 5.41) is 29.9. The molecule has 0 unspecified atom stereocenters. The summed E-state index contributed by atoms with van der Waals surface area (Å²) >= 11 is 0. The van der Waals surface area contributed by atoms with Gasteiger partial charge in [-0.2, -0.15) is 0 Å². The first-order valence-corrected chi connectivity index (χ1v) is 7.96. The van der Waals surface area contributed by atoms with Gasteiger partial charge in [0.05, 0.1) is 19.6 Å². The third-order valence-corrected chi connectivity index (χ3v) is 4.21. The van der Waals surface area contributed by atoms with E-state index in [1.165, 1.54) is 6.20 Å². The van der Waals surface area contributed by atoms with Crippen LogP contribution in [0.1, 0.15) is 25.8 Å². The minimum Gasteiger partial charge on any atom is -0.466 e. The van der Waals surface area contributed by atoms with Gasteiger partial charge < -0.3 is 24.8 Å².